The molecule has 1 fully saturated rings. The van der Waals surface area contributed by atoms with E-state index in [4.69, 9.17) is 16.3 Å². The maximum atomic E-state index is 13.5. The molecule has 0 radical (unpaired) electrons. The number of amides is 2. The van der Waals surface area contributed by atoms with E-state index in [0.29, 0.717) is 24.5 Å². The Bertz CT molecular complexity index is 886. The largest absolute Gasteiger partial charge is 0.491 e. The van der Waals surface area contributed by atoms with Gasteiger partial charge in [-0.25, -0.2) is 4.39 Å². The zero-order chi connectivity index (χ0) is 21.0. The van der Waals surface area contributed by atoms with E-state index in [9.17, 15) is 14.0 Å². The van der Waals surface area contributed by atoms with E-state index in [1.165, 1.54) is 18.2 Å². The van der Waals surface area contributed by atoms with Gasteiger partial charge in [0.2, 0.25) is 0 Å². The molecule has 0 bridgehead atoms. The molecule has 1 atom stereocenters. The number of nitrogens with zero attached hydrogens (tertiary/aromatic N) is 1. The SMILES string of the molecule is CC(C)NC(=O)c1ccc(OC[C@@H]2CCCN2C(=O)c2cc(F)ccc2Cl)cc1. The standard InChI is InChI=1S/C22H24ClFN2O3/c1-14(2)25-21(27)15-5-8-18(9-6-15)29-13-17-4-3-11-26(17)22(28)19-12-16(24)7-10-20(19)23/h5-10,12,14,17H,3-4,11,13H2,1-2H3,(H,25,27)/t17-/m0/s1. The fourth-order valence-corrected chi connectivity index (χ4v) is 3.53. The van der Waals surface area contributed by atoms with Crippen molar-refractivity contribution in [3.8, 4) is 5.75 Å². The smallest absolute Gasteiger partial charge is 0.255 e. The molecule has 7 heteroatoms. The summed E-state index contributed by atoms with van der Waals surface area (Å²) in [4.78, 5) is 26.5. The number of benzene rings is 2. The van der Waals surface area contributed by atoms with E-state index in [-0.39, 0.29) is 34.5 Å². The Kier molecular flexibility index (Phi) is 6.75. The lowest BCUT2D eigenvalue weighted by Crippen LogP contribution is -2.39. The summed E-state index contributed by atoms with van der Waals surface area (Å²) in [7, 11) is 0. The van der Waals surface area contributed by atoms with Crippen molar-refractivity contribution in [1.29, 1.82) is 0 Å². The van der Waals surface area contributed by atoms with Crippen LogP contribution in [0.4, 0.5) is 4.39 Å². The normalized spacial score (nSPS) is 16.2. The number of carbonyl (C=O) groups is 2. The van der Waals surface area contributed by atoms with Crippen LogP contribution in [0.1, 0.15) is 47.4 Å². The van der Waals surface area contributed by atoms with E-state index >= 15 is 0 Å². The predicted molar refractivity (Wildman–Crippen MR) is 110 cm³/mol. The fourth-order valence-electron chi connectivity index (χ4n) is 3.33. The Morgan fingerprint density at radius 1 is 1.24 bits per heavy atom. The number of ether oxygens (including phenoxy) is 1. The third kappa shape index (κ3) is 5.26. The van der Waals surface area contributed by atoms with Crippen LogP contribution in [-0.4, -0.2) is 41.9 Å². The van der Waals surface area contributed by atoms with Gasteiger partial charge in [0, 0.05) is 18.2 Å². The second-order valence-corrected chi connectivity index (χ2v) is 7.79. The number of hydrogen-bond acceptors (Lipinski definition) is 3. The quantitative estimate of drug-likeness (QED) is 0.760. The first-order valence-electron chi connectivity index (χ1n) is 9.65. The first-order chi connectivity index (χ1) is 13.8. The predicted octanol–water partition coefficient (Wildman–Crippen LogP) is 4.30. The summed E-state index contributed by atoms with van der Waals surface area (Å²) >= 11 is 6.08. The monoisotopic (exact) mass is 418 g/mol. The van der Waals surface area contributed by atoms with Crippen molar-refractivity contribution in [3.63, 3.8) is 0 Å². The van der Waals surface area contributed by atoms with Gasteiger partial charge in [-0.05, 0) is 69.2 Å². The summed E-state index contributed by atoms with van der Waals surface area (Å²) in [5.74, 6) is -0.298. The molecule has 0 spiro atoms. The number of halogens is 2. The van der Waals surface area contributed by atoms with Crippen LogP contribution in [0, 0.1) is 5.82 Å². The molecule has 154 valence electrons. The van der Waals surface area contributed by atoms with Gasteiger partial charge >= 0.3 is 0 Å². The first-order valence-corrected chi connectivity index (χ1v) is 10.0. The van der Waals surface area contributed by atoms with Crippen LogP contribution in [0.15, 0.2) is 42.5 Å². The molecule has 1 N–H and O–H groups in total. The zero-order valence-corrected chi connectivity index (χ0v) is 17.2. The number of rotatable bonds is 6. The minimum Gasteiger partial charge on any atom is -0.491 e. The molecule has 0 unspecified atom stereocenters. The molecule has 1 heterocycles. The second-order valence-electron chi connectivity index (χ2n) is 7.38. The average molecular weight is 419 g/mol. The summed E-state index contributed by atoms with van der Waals surface area (Å²) in [6.07, 6.45) is 1.65. The van der Waals surface area contributed by atoms with E-state index < -0.39 is 5.82 Å². The van der Waals surface area contributed by atoms with Crippen molar-refractivity contribution < 1.29 is 18.7 Å². The molecular formula is C22H24ClFN2O3. The van der Waals surface area contributed by atoms with Crippen LogP contribution in [0.25, 0.3) is 0 Å². The topological polar surface area (TPSA) is 58.6 Å². The van der Waals surface area contributed by atoms with E-state index in [2.05, 4.69) is 5.32 Å². The average Bonchev–Trinajstić information content (AvgIpc) is 3.16. The molecule has 2 amide bonds. The molecule has 3 rings (SSSR count). The number of carbonyl (C=O) groups excluding carboxylic acids is 2. The highest BCUT2D eigenvalue weighted by Gasteiger charge is 2.31. The second kappa shape index (κ2) is 9.27. The maximum absolute atomic E-state index is 13.5. The third-order valence-corrected chi connectivity index (χ3v) is 5.11. The van der Waals surface area contributed by atoms with Gasteiger partial charge in [0.25, 0.3) is 11.8 Å². The highest BCUT2D eigenvalue weighted by atomic mass is 35.5. The van der Waals surface area contributed by atoms with Crippen molar-refractivity contribution in [3.05, 3.63) is 64.4 Å². The maximum Gasteiger partial charge on any atom is 0.255 e. The van der Waals surface area contributed by atoms with Crippen molar-refractivity contribution in [2.45, 2.75) is 38.8 Å². The summed E-state index contributed by atoms with van der Waals surface area (Å²) in [6.45, 7) is 4.70. The molecular weight excluding hydrogens is 395 g/mol. The van der Waals surface area contributed by atoms with Gasteiger partial charge in [-0.15, -0.1) is 0 Å². The lowest BCUT2D eigenvalue weighted by Gasteiger charge is -2.25. The van der Waals surface area contributed by atoms with Gasteiger partial charge in [0.1, 0.15) is 18.2 Å². The Morgan fingerprint density at radius 3 is 2.66 bits per heavy atom. The minimum absolute atomic E-state index is 0.0657. The zero-order valence-electron chi connectivity index (χ0n) is 16.5. The number of likely N-dealkylation sites (tertiary alicyclic amines) is 1. The van der Waals surface area contributed by atoms with Crippen molar-refractivity contribution in [2.75, 3.05) is 13.2 Å². The third-order valence-electron chi connectivity index (χ3n) is 4.78. The van der Waals surface area contributed by atoms with E-state index in [1.54, 1.807) is 29.2 Å². The fraction of sp³-hybridized carbons (Fsp3) is 0.364. The lowest BCUT2D eigenvalue weighted by atomic mass is 10.1. The molecule has 5 nitrogen and oxygen atoms in total. The van der Waals surface area contributed by atoms with E-state index in [1.807, 2.05) is 13.8 Å². The number of nitrogens with one attached hydrogen (secondary N) is 1. The van der Waals surface area contributed by atoms with Crippen LogP contribution in [0.2, 0.25) is 5.02 Å². The highest BCUT2D eigenvalue weighted by Crippen LogP contribution is 2.25. The van der Waals surface area contributed by atoms with Gasteiger partial charge in [-0.2, -0.15) is 0 Å². The highest BCUT2D eigenvalue weighted by molar-refractivity contribution is 6.33. The van der Waals surface area contributed by atoms with Gasteiger partial charge in [-0.3, -0.25) is 9.59 Å². The van der Waals surface area contributed by atoms with Crippen molar-refractivity contribution in [1.82, 2.24) is 10.2 Å². The Labute approximate surface area is 174 Å². The number of hydrogen-bond donors (Lipinski definition) is 1. The molecule has 1 aliphatic rings. The van der Waals surface area contributed by atoms with Crippen LogP contribution in [0.3, 0.4) is 0 Å². The molecule has 2 aromatic carbocycles. The van der Waals surface area contributed by atoms with Crippen LogP contribution >= 0.6 is 11.6 Å². The van der Waals surface area contributed by atoms with Crippen molar-refractivity contribution in [2.24, 2.45) is 0 Å². The minimum atomic E-state index is -0.494. The van der Waals surface area contributed by atoms with Crippen molar-refractivity contribution >= 4 is 23.4 Å². The van der Waals surface area contributed by atoms with Gasteiger partial charge in [-0.1, -0.05) is 11.6 Å². The summed E-state index contributed by atoms with van der Waals surface area (Å²) in [6, 6.07) is 10.6. The van der Waals surface area contributed by atoms with Crippen LogP contribution < -0.4 is 10.1 Å². The van der Waals surface area contributed by atoms with Gasteiger partial charge in [0.05, 0.1) is 16.6 Å². The Hall–Kier alpha value is -2.60. The molecule has 1 saturated heterocycles. The summed E-state index contributed by atoms with van der Waals surface area (Å²) < 4.78 is 19.4. The molecule has 0 aromatic heterocycles. The van der Waals surface area contributed by atoms with Gasteiger partial charge in [0.15, 0.2) is 0 Å². The van der Waals surface area contributed by atoms with Crippen LogP contribution in [0.5, 0.6) is 5.75 Å². The lowest BCUT2D eigenvalue weighted by molar-refractivity contribution is 0.0691. The first kappa shape index (κ1) is 21.1. The molecule has 0 aliphatic carbocycles. The molecule has 2 aromatic rings. The van der Waals surface area contributed by atoms with Crippen LogP contribution in [-0.2, 0) is 0 Å². The molecule has 1 aliphatic heterocycles. The summed E-state index contributed by atoms with van der Waals surface area (Å²) in [5.41, 5.74) is 0.726. The molecule has 29 heavy (non-hydrogen) atoms. The molecule has 0 saturated carbocycles. The van der Waals surface area contributed by atoms with E-state index in [0.717, 1.165) is 12.8 Å². The Morgan fingerprint density at radius 2 is 1.97 bits per heavy atom. The van der Waals surface area contributed by atoms with Gasteiger partial charge < -0.3 is 15.0 Å². The summed E-state index contributed by atoms with van der Waals surface area (Å²) in [5, 5.41) is 3.07. The Balaban J connectivity index is 1.62.